The van der Waals surface area contributed by atoms with Gasteiger partial charge in [0.25, 0.3) is 5.91 Å². The van der Waals surface area contributed by atoms with Gasteiger partial charge in [-0.3, -0.25) is 4.79 Å². The third kappa shape index (κ3) is 3.26. The van der Waals surface area contributed by atoms with Crippen LogP contribution in [-0.2, 0) is 4.74 Å². The average Bonchev–Trinajstić information content (AvgIpc) is 3.14. The highest BCUT2D eigenvalue weighted by molar-refractivity contribution is 5.94. The van der Waals surface area contributed by atoms with Crippen molar-refractivity contribution in [2.24, 2.45) is 0 Å². The standard InChI is InChI=1S/C21H21N3O2/c1-16-11-12-22-24(16)19-9-7-18(8-10-19)21(25)23-13-14-26-20(15-23)17-5-3-2-4-6-17/h2-12,20H,13-15H2,1H3/t20-/m0/s1. The van der Waals surface area contributed by atoms with Gasteiger partial charge in [-0.15, -0.1) is 0 Å². The van der Waals surface area contributed by atoms with E-state index < -0.39 is 0 Å². The lowest BCUT2D eigenvalue weighted by molar-refractivity contribution is -0.0228. The Kier molecular flexibility index (Phi) is 4.54. The molecular weight excluding hydrogens is 326 g/mol. The van der Waals surface area contributed by atoms with E-state index in [2.05, 4.69) is 5.10 Å². The van der Waals surface area contributed by atoms with Crippen molar-refractivity contribution in [1.82, 2.24) is 14.7 Å². The Morgan fingerprint density at radius 3 is 2.54 bits per heavy atom. The van der Waals surface area contributed by atoms with E-state index in [1.807, 2.05) is 77.2 Å². The Labute approximate surface area is 152 Å². The van der Waals surface area contributed by atoms with E-state index in [9.17, 15) is 4.79 Å². The van der Waals surface area contributed by atoms with E-state index in [1.54, 1.807) is 6.20 Å². The number of morpholine rings is 1. The van der Waals surface area contributed by atoms with Gasteiger partial charge in [0.05, 0.1) is 18.8 Å². The highest BCUT2D eigenvalue weighted by atomic mass is 16.5. The Bertz CT molecular complexity index is 887. The molecule has 0 N–H and O–H groups in total. The maximum Gasteiger partial charge on any atom is 0.254 e. The van der Waals surface area contributed by atoms with Crippen molar-refractivity contribution in [3.63, 3.8) is 0 Å². The number of aryl methyl sites for hydroxylation is 1. The van der Waals surface area contributed by atoms with Crippen LogP contribution in [0.2, 0.25) is 0 Å². The van der Waals surface area contributed by atoms with Gasteiger partial charge in [-0.25, -0.2) is 4.68 Å². The SMILES string of the molecule is Cc1ccnn1-c1ccc(C(=O)N2CCO[C@H](c3ccccc3)C2)cc1. The smallest absolute Gasteiger partial charge is 0.254 e. The molecule has 0 saturated carbocycles. The fourth-order valence-electron chi connectivity index (χ4n) is 3.27. The number of amides is 1. The van der Waals surface area contributed by atoms with Gasteiger partial charge in [-0.2, -0.15) is 5.10 Å². The van der Waals surface area contributed by atoms with E-state index in [1.165, 1.54) is 0 Å². The molecule has 1 aliphatic rings. The quantitative estimate of drug-likeness (QED) is 0.730. The summed E-state index contributed by atoms with van der Waals surface area (Å²) in [6.07, 6.45) is 1.70. The molecule has 5 heteroatoms. The number of benzene rings is 2. The van der Waals surface area contributed by atoms with Gasteiger partial charge in [0.15, 0.2) is 0 Å². The van der Waals surface area contributed by atoms with Crippen LogP contribution in [0.1, 0.15) is 27.7 Å². The average molecular weight is 347 g/mol. The van der Waals surface area contributed by atoms with Crippen LogP contribution < -0.4 is 0 Å². The molecule has 1 aromatic heterocycles. The second kappa shape index (κ2) is 7.14. The summed E-state index contributed by atoms with van der Waals surface area (Å²) < 4.78 is 7.71. The molecule has 0 aliphatic carbocycles. The van der Waals surface area contributed by atoms with Crippen LogP contribution in [-0.4, -0.2) is 40.3 Å². The number of carbonyl (C=O) groups excluding carboxylic acids is 1. The zero-order valence-electron chi connectivity index (χ0n) is 14.7. The van der Waals surface area contributed by atoms with Gasteiger partial charge >= 0.3 is 0 Å². The van der Waals surface area contributed by atoms with Gasteiger partial charge in [-0.05, 0) is 42.8 Å². The van der Waals surface area contributed by atoms with Crippen molar-refractivity contribution in [2.45, 2.75) is 13.0 Å². The zero-order valence-corrected chi connectivity index (χ0v) is 14.7. The van der Waals surface area contributed by atoms with Crippen LogP contribution >= 0.6 is 0 Å². The molecule has 0 unspecified atom stereocenters. The van der Waals surface area contributed by atoms with Crippen molar-refractivity contribution in [1.29, 1.82) is 0 Å². The van der Waals surface area contributed by atoms with E-state index in [4.69, 9.17) is 4.74 Å². The summed E-state index contributed by atoms with van der Waals surface area (Å²) in [6, 6.07) is 19.6. The Morgan fingerprint density at radius 2 is 1.85 bits per heavy atom. The first-order valence-electron chi connectivity index (χ1n) is 8.79. The predicted octanol–water partition coefficient (Wildman–Crippen LogP) is 3.39. The minimum absolute atomic E-state index is 0.0398. The molecule has 1 amide bonds. The zero-order chi connectivity index (χ0) is 17.9. The molecule has 5 nitrogen and oxygen atoms in total. The first kappa shape index (κ1) is 16.5. The first-order valence-corrected chi connectivity index (χ1v) is 8.79. The molecule has 4 rings (SSSR count). The maximum atomic E-state index is 12.9. The third-order valence-electron chi connectivity index (χ3n) is 4.72. The van der Waals surface area contributed by atoms with Crippen molar-refractivity contribution >= 4 is 5.91 Å². The Hall–Kier alpha value is -2.92. The van der Waals surface area contributed by atoms with Crippen molar-refractivity contribution < 1.29 is 9.53 Å². The molecule has 3 aromatic rings. The van der Waals surface area contributed by atoms with Crippen LogP contribution in [0.4, 0.5) is 0 Å². The number of ether oxygens (including phenoxy) is 1. The van der Waals surface area contributed by atoms with Crippen molar-refractivity contribution in [2.75, 3.05) is 19.7 Å². The third-order valence-corrected chi connectivity index (χ3v) is 4.72. The van der Waals surface area contributed by atoms with Gasteiger partial charge in [-0.1, -0.05) is 30.3 Å². The Morgan fingerprint density at radius 1 is 1.08 bits per heavy atom. The van der Waals surface area contributed by atoms with Crippen LogP contribution in [0.25, 0.3) is 5.69 Å². The normalized spacial score (nSPS) is 17.3. The second-order valence-electron chi connectivity index (χ2n) is 6.45. The van der Waals surface area contributed by atoms with E-state index in [-0.39, 0.29) is 12.0 Å². The van der Waals surface area contributed by atoms with Crippen LogP contribution in [0.3, 0.4) is 0 Å². The fourth-order valence-corrected chi connectivity index (χ4v) is 3.27. The molecule has 0 bridgehead atoms. The number of hydrogen-bond donors (Lipinski definition) is 0. The molecule has 1 fully saturated rings. The molecule has 132 valence electrons. The fraction of sp³-hybridized carbons (Fsp3) is 0.238. The predicted molar refractivity (Wildman–Crippen MR) is 99.3 cm³/mol. The second-order valence-corrected chi connectivity index (χ2v) is 6.45. The highest BCUT2D eigenvalue weighted by Crippen LogP contribution is 2.23. The van der Waals surface area contributed by atoms with Gasteiger partial charge < -0.3 is 9.64 Å². The topological polar surface area (TPSA) is 47.4 Å². The molecule has 26 heavy (non-hydrogen) atoms. The molecule has 2 aromatic carbocycles. The lowest BCUT2D eigenvalue weighted by Crippen LogP contribution is -2.42. The number of rotatable bonds is 3. The van der Waals surface area contributed by atoms with E-state index in [0.29, 0.717) is 25.3 Å². The van der Waals surface area contributed by atoms with Crippen molar-refractivity contribution in [3.8, 4) is 5.69 Å². The number of nitrogens with zero attached hydrogens (tertiary/aromatic N) is 3. The number of carbonyl (C=O) groups is 1. The Balaban J connectivity index is 1.49. The van der Waals surface area contributed by atoms with E-state index in [0.717, 1.165) is 16.9 Å². The highest BCUT2D eigenvalue weighted by Gasteiger charge is 2.26. The summed E-state index contributed by atoms with van der Waals surface area (Å²) in [5.74, 6) is 0.0398. The minimum Gasteiger partial charge on any atom is -0.370 e. The minimum atomic E-state index is -0.0695. The molecule has 0 spiro atoms. The largest absolute Gasteiger partial charge is 0.370 e. The van der Waals surface area contributed by atoms with Gasteiger partial charge in [0.2, 0.25) is 0 Å². The first-order chi connectivity index (χ1) is 12.7. The molecule has 2 heterocycles. The van der Waals surface area contributed by atoms with Gasteiger partial charge in [0.1, 0.15) is 6.10 Å². The summed E-state index contributed by atoms with van der Waals surface area (Å²) in [5, 5.41) is 4.30. The lowest BCUT2D eigenvalue weighted by atomic mass is 10.1. The summed E-state index contributed by atoms with van der Waals surface area (Å²) in [7, 11) is 0. The van der Waals surface area contributed by atoms with Gasteiger partial charge in [0, 0.05) is 24.0 Å². The summed E-state index contributed by atoms with van der Waals surface area (Å²) in [4.78, 5) is 14.8. The molecular formula is C21H21N3O2. The molecule has 1 saturated heterocycles. The summed E-state index contributed by atoms with van der Waals surface area (Å²) >= 11 is 0. The van der Waals surface area contributed by atoms with Crippen LogP contribution in [0, 0.1) is 6.92 Å². The van der Waals surface area contributed by atoms with Crippen molar-refractivity contribution in [3.05, 3.63) is 83.7 Å². The maximum absolute atomic E-state index is 12.9. The molecule has 1 atom stereocenters. The van der Waals surface area contributed by atoms with Crippen LogP contribution in [0.15, 0.2) is 66.9 Å². The van der Waals surface area contributed by atoms with E-state index >= 15 is 0 Å². The monoisotopic (exact) mass is 347 g/mol. The number of aromatic nitrogens is 2. The molecule has 1 aliphatic heterocycles. The summed E-state index contributed by atoms with van der Waals surface area (Å²) in [5.41, 5.74) is 3.80. The van der Waals surface area contributed by atoms with Crippen LogP contribution in [0.5, 0.6) is 0 Å². The lowest BCUT2D eigenvalue weighted by Gasteiger charge is -2.33. The number of hydrogen-bond acceptors (Lipinski definition) is 3. The molecule has 0 radical (unpaired) electrons. The summed E-state index contributed by atoms with van der Waals surface area (Å²) in [6.45, 7) is 3.74.